The van der Waals surface area contributed by atoms with E-state index in [9.17, 15) is 25.2 Å². The second-order valence-corrected chi connectivity index (χ2v) is 7.25. The van der Waals surface area contributed by atoms with Gasteiger partial charge in [0.15, 0.2) is 0 Å². The number of carboxylic acids is 1. The van der Waals surface area contributed by atoms with Gasteiger partial charge in [0.05, 0.1) is 4.90 Å². The number of thioether (sulfide) groups is 1. The number of benzene rings is 3. The van der Waals surface area contributed by atoms with E-state index in [1.54, 1.807) is 18.2 Å². The van der Waals surface area contributed by atoms with Gasteiger partial charge in [-0.1, -0.05) is 36.4 Å². The van der Waals surface area contributed by atoms with Gasteiger partial charge in [-0.05, 0) is 47.4 Å². The van der Waals surface area contributed by atoms with E-state index in [0.29, 0.717) is 4.90 Å². The Bertz CT molecular complexity index is 970. The summed E-state index contributed by atoms with van der Waals surface area (Å²) in [7, 11) is 0. The van der Waals surface area contributed by atoms with Crippen molar-refractivity contribution >= 4 is 17.7 Å². The first-order valence-electron chi connectivity index (χ1n) is 8.23. The van der Waals surface area contributed by atoms with Gasteiger partial charge in [0.25, 0.3) is 0 Å². The summed E-state index contributed by atoms with van der Waals surface area (Å²) in [4.78, 5) is 12.2. The highest BCUT2D eigenvalue weighted by Crippen LogP contribution is 2.36. The summed E-state index contributed by atoms with van der Waals surface area (Å²) in [5.74, 6) is -1.11. The van der Waals surface area contributed by atoms with Crippen molar-refractivity contribution in [3.8, 4) is 28.4 Å². The molecule has 1 unspecified atom stereocenters. The van der Waals surface area contributed by atoms with Crippen LogP contribution in [0.5, 0.6) is 17.2 Å². The van der Waals surface area contributed by atoms with Gasteiger partial charge in [0.2, 0.25) is 0 Å². The molecule has 27 heavy (non-hydrogen) atoms. The molecular weight excluding hydrogens is 364 g/mol. The van der Waals surface area contributed by atoms with Crippen molar-refractivity contribution in [3.05, 3.63) is 72.3 Å². The third-order valence-corrected chi connectivity index (χ3v) is 5.32. The summed E-state index contributed by atoms with van der Waals surface area (Å²) in [6, 6.07) is 18.3. The zero-order chi connectivity index (χ0) is 19.4. The number of rotatable bonds is 6. The standard InChI is InChI=1S/C21H18O5S/c22-15-6-3-5-13(10-15)17-7-2-1-4-14(17)11-20(21(25)26)27-19-9-8-16(23)12-18(19)24/h1-10,12,20,22-24H,11H2,(H,25,26). The molecule has 0 aromatic heterocycles. The van der Waals surface area contributed by atoms with Crippen LogP contribution in [0.15, 0.2) is 71.6 Å². The van der Waals surface area contributed by atoms with Crippen LogP contribution in [0.1, 0.15) is 5.56 Å². The molecule has 0 saturated carbocycles. The molecule has 1 atom stereocenters. The predicted octanol–water partition coefficient (Wildman–Crippen LogP) is 4.26. The third-order valence-electron chi connectivity index (χ3n) is 4.07. The minimum atomic E-state index is -1.00. The van der Waals surface area contributed by atoms with Crippen molar-refractivity contribution in [2.75, 3.05) is 0 Å². The molecule has 0 saturated heterocycles. The highest BCUT2D eigenvalue weighted by molar-refractivity contribution is 8.00. The predicted molar refractivity (Wildman–Crippen MR) is 104 cm³/mol. The van der Waals surface area contributed by atoms with Crippen LogP contribution in [0.2, 0.25) is 0 Å². The van der Waals surface area contributed by atoms with E-state index >= 15 is 0 Å². The van der Waals surface area contributed by atoms with Gasteiger partial charge in [0.1, 0.15) is 22.5 Å². The number of carbonyl (C=O) groups is 1. The fraction of sp³-hybridized carbons (Fsp3) is 0.0952. The largest absolute Gasteiger partial charge is 0.508 e. The lowest BCUT2D eigenvalue weighted by atomic mass is 9.96. The first kappa shape index (κ1) is 18.7. The number of aromatic hydroxyl groups is 3. The molecule has 0 heterocycles. The van der Waals surface area contributed by atoms with E-state index in [1.165, 1.54) is 18.2 Å². The molecule has 0 aliphatic carbocycles. The van der Waals surface area contributed by atoms with E-state index in [1.807, 2.05) is 30.3 Å². The number of phenolic OH excluding ortho intramolecular Hbond substituents is 3. The summed E-state index contributed by atoms with van der Waals surface area (Å²) in [5, 5.41) is 37.9. The molecular formula is C21H18O5S. The zero-order valence-electron chi connectivity index (χ0n) is 14.2. The van der Waals surface area contributed by atoms with Gasteiger partial charge in [0, 0.05) is 6.07 Å². The zero-order valence-corrected chi connectivity index (χ0v) is 15.1. The third kappa shape index (κ3) is 4.54. The smallest absolute Gasteiger partial charge is 0.317 e. The van der Waals surface area contributed by atoms with Crippen molar-refractivity contribution in [1.82, 2.24) is 0 Å². The molecule has 0 aliphatic heterocycles. The molecule has 3 rings (SSSR count). The molecule has 5 nitrogen and oxygen atoms in total. The van der Waals surface area contributed by atoms with Crippen LogP contribution in [0, 0.1) is 0 Å². The fourth-order valence-electron chi connectivity index (χ4n) is 2.79. The Labute approximate surface area is 160 Å². The lowest BCUT2D eigenvalue weighted by Gasteiger charge is -2.16. The van der Waals surface area contributed by atoms with E-state index < -0.39 is 11.2 Å². The number of aliphatic carboxylic acids is 1. The lowest BCUT2D eigenvalue weighted by Crippen LogP contribution is -2.19. The van der Waals surface area contributed by atoms with Gasteiger partial charge < -0.3 is 20.4 Å². The summed E-state index contributed by atoms with van der Waals surface area (Å²) >= 11 is 1.02. The van der Waals surface area contributed by atoms with E-state index in [2.05, 4.69) is 0 Å². The first-order chi connectivity index (χ1) is 12.9. The molecule has 0 bridgehead atoms. The van der Waals surface area contributed by atoms with Crippen LogP contribution in [-0.2, 0) is 11.2 Å². The van der Waals surface area contributed by atoms with Crippen molar-refractivity contribution in [2.45, 2.75) is 16.6 Å². The van der Waals surface area contributed by atoms with Crippen molar-refractivity contribution < 1.29 is 25.2 Å². The quantitative estimate of drug-likeness (QED) is 0.476. The molecule has 0 fully saturated rings. The lowest BCUT2D eigenvalue weighted by molar-refractivity contribution is -0.136. The van der Waals surface area contributed by atoms with Gasteiger partial charge in [-0.15, -0.1) is 11.8 Å². The van der Waals surface area contributed by atoms with Crippen LogP contribution in [0.3, 0.4) is 0 Å². The van der Waals surface area contributed by atoms with E-state index in [-0.39, 0.29) is 23.7 Å². The molecule has 0 amide bonds. The number of phenols is 3. The molecule has 6 heteroatoms. The Morgan fingerprint density at radius 3 is 2.33 bits per heavy atom. The van der Waals surface area contributed by atoms with Crippen LogP contribution in [-0.4, -0.2) is 31.6 Å². The van der Waals surface area contributed by atoms with Gasteiger partial charge in [-0.2, -0.15) is 0 Å². The Morgan fingerprint density at radius 1 is 0.889 bits per heavy atom. The van der Waals surface area contributed by atoms with Gasteiger partial charge in [-0.3, -0.25) is 4.79 Å². The molecule has 3 aromatic carbocycles. The Morgan fingerprint density at radius 2 is 1.63 bits per heavy atom. The fourth-order valence-corrected chi connectivity index (χ4v) is 3.79. The molecule has 4 N–H and O–H groups in total. The van der Waals surface area contributed by atoms with E-state index in [4.69, 9.17) is 0 Å². The maximum Gasteiger partial charge on any atom is 0.317 e. The number of carboxylic acid groups (broad SMARTS) is 1. The Balaban J connectivity index is 1.91. The highest BCUT2D eigenvalue weighted by Gasteiger charge is 2.22. The average molecular weight is 382 g/mol. The summed E-state index contributed by atoms with van der Waals surface area (Å²) in [6.07, 6.45) is 0.228. The van der Waals surface area contributed by atoms with E-state index in [0.717, 1.165) is 28.5 Å². The molecule has 0 radical (unpaired) electrons. The monoisotopic (exact) mass is 382 g/mol. The summed E-state index contributed by atoms with van der Waals surface area (Å²) < 4.78 is 0. The van der Waals surface area contributed by atoms with Crippen LogP contribution in [0.25, 0.3) is 11.1 Å². The Kier molecular flexibility index (Phi) is 5.57. The van der Waals surface area contributed by atoms with Crippen molar-refractivity contribution in [2.24, 2.45) is 0 Å². The van der Waals surface area contributed by atoms with Crippen molar-refractivity contribution in [3.63, 3.8) is 0 Å². The normalized spacial score (nSPS) is 11.9. The molecule has 3 aromatic rings. The second-order valence-electron chi connectivity index (χ2n) is 6.01. The molecule has 0 spiro atoms. The van der Waals surface area contributed by atoms with Crippen LogP contribution < -0.4 is 0 Å². The van der Waals surface area contributed by atoms with Crippen molar-refractivity contribution in [1.29, 1.82) is 0 Å². The topological polar surface area (TPSA) is 98.0 Å². The SMILES string of the molecule is O=C(O)C(Cc1ccccc1-c1cccc(O)c1)Sc1ccc(O)cc1O. The van der Waals surface area contributed by atoms with Gasteiger partial charge >= 0.3 is 5.97 Å². The van der Waals surface area contributed by atoms with Crippen LogP contribution >= 0.6 is 11.8 Å². The minimum Gasteiger partial charge on any atom is -0.508 e. The molecule has 138 valence electrons. The minimum absolute atomic E-state index is 0.0852. The van der Waals surface area contributed by atoms with Crippen LogP contribution in [0.4, 0.5) is 0 Å². The number of hydrogen-bond acceptors (Lipinski definition) is 5. The summed E-state index contributed by atoms with van der Waals surface area (Å²) in [6.45, 7) is 0. The molecule has 0 aliphatic rings. The Hall–Kier alpha value is -3.12. The maximum absolute atomic E-state index is 11.8. The second kappa shape index (κ2) is 8.05. The highest BCUT2D eigenvalue weighted by atomic mass is 32.2. The summed E-state index contributed by atoms with van der Waals surface area (Å²) in [5.41, 5.74) is 2.46. The number of hydrogen-bond donors (Lipinski definition) is 4. The maximum atomic E-state index is 11.8. The average Bonchev–Trinajstić information content (AvgIpc) is 2.63. The first-order valence-corrected chi connectivity index (χ1v) is 9.11. The van der Waals surface area contributed by atoms with Gasteiger partial charge in [-0.25, -0.2) is 0 Å².